The van der Waals surface area contributed by atoms with Gasteiger partial charge in [0.2, 0.25) is 5.91 Å². The zero-order valence-electron chi connectivity index (χ0n) is 17.2. The Kier molecular flexibility index (Phi) is 5.64. The maximum Gasteiger partial charge on any atom is 0.259 e. The molecule has 0 spiro atoms. The molecule has 156 valence electrons. The van der Waals surface area contributed by atoms with Crippen LogP contribution in [0, 0.1) is 6.92 Å². The molecular formula is C23H20N4O3S. The molecule has 0 fully saturated rings. The lowest BCUT2D eigenvalue weighted by molar-refractivity contribution is -0.114. The summed E-state index contributed by atoms with van der Waals surface area (Å²) in [6, 6.07) is 14.7. The van der Waals surface area contributed by atoms with Gasteiger partial charge in [0.25, 0.3) is 5.91 Å². The number of methoxy groups -OCH3 is 1. The second-order valence-electron chi connectivity index (χ2n) is 6.93. The van der Waals surface area contributed by atoms with Crippen molar-refractivity contribution >= 4 is 44.9 Å². The number of anilines is 2. The van der Waals surface area contributed by atoms with Gasteiger partial charge < -0.3 is 10.1 Å². The number of ether oxygens (including phenoxy) is 1. The lowest BCUT2D eigenvalue weighted by Crippen LogP contribution is -2.14. The number of carbonyl (C=O) groups excluding carboxylic acids is 2. The van der Waals surface area contributed by atoms with Crippen molar-refractivity contribution in [3.8, 4) is 17.0 Å². The van der Waals surface area contributed by atoms with Gasteiger partial charge in [0.15, 0.2) is 5.13 Å². The summed E-state index contributed by atoms with van der Waals surface area (Å²) in [5, 5.41) is 8.79. The van der Waals surface area contributed by atoms with E-state index in [0.717, 1.165) is 27.8 Å². The number of aryl methyl sites for hydroxylation is 1. The highest BCUT2D eigenvalue weighted by Crippen LogP contribution is 2.27. The molecule has 0 aliphatic heterocycles. The van der Waals surface area contributed by atoms with Crippen LogP contribution in [0.15, 0.2) is 53.9 Å². The Labute approximate surface area is 183 Å². The van der Waals surface area contributed by atoms with E-state index in [4.69, 9.17) is 4.74 Å². The second-order valence-corrected chi connectivity index (χ2v) is 7.79. The van der Waals surface area contributed by atoms with Crippen molar-refractivity contribution in [2.24, 2.45) is 0 Å². The van der Waals surface area contributed by atoms with Crippen molar-refractivity contribution in [3.63, 3.8) is 0 Å². The lowest BCUT2D eigenvalue weighted by Gasteiger charge is -2.08. The summed E-state index contributed by atoms with van der Waals surface area (Å²) in [7, 11) is 1.60. The van der Waals surface area contributed by atoms with E-state index in [2.05, 4.69) is 20.6 Å². The van der Waals surface area contributed by atoms with Gasteiger partial charge >= 0.3 is 0 Å². The molecule has 0 atom stereocenters. The standard InChI is InChI=1S/C23H20N4O3S/c1-13-19(11-16-10-18(30-3)8-9-20(16)24-13)22(29)27-23-26-21(12-31-23)15-4-6-17(7-5-15)25-14(2)28/h4-12H,1-3H3,(H,25,28)(H,26,27,29). The normalized spacial score (nSPS) is 10.7. The van der Waals surface area contributed by atoms with Crippen molar-refractivity contribution in [3.05, 3.63) is 65.2 Å². The molecule has 0 aliphatic carbocycles. The maximum atomic E-state index is 12.9. The van der Waals surface area contributed by atoms with E-state index in [1.54, 1.807) is 7.11 Å². The molecule has 0 aliphatic rings. The van der Waals surface area contributed by atoms with Gasteiger partial charge in [-0.1, -0.05) is 12.1 Å². The Morgan fingerprint density at radius 1 is 1.00 bits per heavy atom. The number of rotatable bonds is 5. The van der Waals surface area contributed by atoms with Gasteiger partial charge in [0.1, 0.15) is 5.75 Å². The molecule has 31 heavy (non-hydrogen) atoms. The first kappa shape index (κ1) is 20.5. The Bertz CT molecular complexity index is 1280. The van der Waals surface area contributed by atoms with E-state index in [-0.39, 0.29) is 11.8 Å². The van der Waals surface area contributed by atoms with Crippen molar-refractivity contribution in [1.29, 1.82) is 0 Å². The summed E-state index contributed by atoms with van der Waals surface area (Å²) in [6.45, 7) is 3.27. The molecule has 4 aromatic rings. The number of aromatic nitrogens is 2. The van der Waals surface area contributed by atoms with E-state index < -0.39 is 0 Å². The lowest BCUT2D eigenvalue weighted by atomic mass is 10.1. The third-order valence-electron chi connectivity index (χ3n) is 4.68. The third-order valence-corrected chi connectivity index (χ3v) is 5.44. The summed E-state index contributed by atoms with van der Waals surface area (Å²) in [6.07, 6.45) is 0. The molecular weight excluding hydrogens is 412 g/mol. The molecule has 2 aromatic carbocycles. The Morgan fingerprint density at radius 3 is 2.48 bits per heavy atom. The molecule has 0 bridgehead atoms. The van der Waals surface area contributed by atoms with E-state index in [9.17, 15) is 9.59 Å². The molecule has 7 nitrogen and oxygen atoms in total. The van der Waals surface area contributed by atoms with E-state index in [0.29, 0.717) is 22.1 Å². The predicted octanol–water partition coefficient (Wildman–Crippen LogP) is 4.89. The number of thiazole rings is 1. The van der Waals surface area contributed by atoms with Crippen LogP contribution in [0.3, 0.4) is 0 Å². The first-order valence-corrected chi connectivity index (χ1v) is 10.4. The Morgan fingerprint density at radius 2 is 1.77 bits per heavy atom. The average molecular weight is 433 g/mol. The van der Waals surface area contributed by atoms with Crippen LogP contribution in [0.25, 0.3) is 22.2 Å². The van der Waals surface area contributed by atoms with Gasteiger partial charge in [-0.2, -0.15) is 0 Å². The maximum absolute atomic E-state index is 12.9. The summed E-state index contributed by atoms with van der Waals surface area (Å²) < 4.78 is 5.26. The largest absolute Gasteiger partial charge is 0.497 e. The van der Waals surface area contributed by atoms with Gasteiger partial charge in [0, 0.05) is 28.9 Å². The highest BCUT2D eigenvalue weighted by Gasteiger charge is 2.15. The van der Waals surface area contributed by atoms with Crippen LogP contribution in [0.2, 0.25) is 0 Å². The van der Waals surface area contributed by atoms with Crippen molar-refractivity contribution in [2.45, 2.75) is 13.8 Å². The minimum absolute atomic E-state index is 0.122. The summed E-state index contributed by atoms with van der Waals surface area (Å²) in [4.78, 5) is 33.1. The molecule has 2 heterocycles. The second kappa shape index (κ2) is 8.53. The summed E-state index contributed by atoms with van der Waals surface area (Å²) in [5.41, 5.74) is 4.27. The molecule has 2 N–H and O–H groups in total. The van der Waals surface area contributed by atoms with Gasteiger partial charge in [-0.15, -0.1) is 11.3 Å². The van der Waals surface area contributed by atoms with Crippen LogP contribution in [0.1, 0.15) is 23.0 Å². The van der Waals surface area contributed by atoms with E-state index in [1.165, 1.54) is 18.3 Å². The molecule has 0 saturated carbocycles. The SMILES string of the molecule is COc1ccc2nc(C)c(C(=O)Nc3nc(-c4ccc(NC(C)=O)cc4)cs3)cc2c1. The number of nitrogens with one attached hydrogen (secondary N) is 2. The molecule has 8 heteroatoms. The van der Waals surface area contributed by atoms with Gasteiger partial charge in [0.05, 0.1) is 29.6 Å². The third kappa shape index (κ3) is 4.54. The van der Waals surface area contributed by atoms with Crippen molar-refractivity contribution < 1.29 is 14.3 Å². The number of amides is 2. The fourth-order valence-corrected chi connectivity index (χ4v) is 3.88. The highest BCUT2D eigenvalue weighted by molar-refractivity contribution is 7.14. The monoisotopic (exact) mass is 432 g/mol. The van der Waals surface area contributed by atoms with Gasteiger partial charge in [-0.05, 0) is 43.3 Å². The van der Waals surface area contributed by atoms with Crippen LogP contribution in [0.5, 0.6) is 5.75 Å². The first-order chi connectivity index (χ1) is 14.9. The molecule has 2 aromatic heterocycles. The average Bonchev–Trinajstić information content (AvgIpc) is 3.21. The number of benzene rings is 2. The molecule has 4 rings (SSSR count). The Hall–Kier alpha value is -3.78. The summed E-state index contributed by atoms with van der Waals surface area (Å²) >= 11 is 1.34. The number of hydrogen-bond donors (Lipinski definition) is 2. The fourth-order valence-electron chi connectivity index (χ4n) is 3.16. The minimum atomic E-state index is -0.267. The first-order valence-electron chi connectivity index (χ1n) is 9.53. The van der Waals surface area contributed by atoms with Crippen molar-refractivity contribution in [1.82, 2.24) is 9.97 Å². The molecule has 0 radical (unpaired) electrons. The predicted molar refractivity (Wildman–Crippen MR) is 123 cm³/mol. The molecule has 2 amide bonds. The Balaban J connectivity index is 1.53. The molecule has 0 unspecified atom stereocenters. The number of nitrogens with zero attached hydrogens (tertiary/aromatic N) is 2. The smallest absolute Gasteiger partial charge is 0.259 e. The summed E-state index contributed by atoms with van der Waals surface area (Å²) in [5.74, 6) is 0.318. The van der Waals surface area contributed by atoms with Crippen molar-refractivity contribution in [2.75, 3.05) is 17.7 Å². The number of pyridine rings is 1. The van der Waals surface area contributed by atoms with E-state index >= 15 is 0 Å². The number of carbonyl (C=O) groups is 2. The van der Waals surface area contributed by atoms with Crippen LogP contribution >= 0.6 is 11.3 Å². The zero-order valence-corrected chi connectivity index (χ0v) is 18.0. The van der Waals surface area contributed by atoms with Gasteiger partial charge in [-0.3, -0.25) is 19.9 Å². The molecule has 0 saturated heterocycles. The number of fused-ring (bicyclic) bond motifs is 1. The van der Waals surface area contributed by atoms with E-state index in [1.807, 2.05) is 60.8 Å². The highest BCUT2D eigenvalue weighted by atomic mass is 32.1. The zero-order chi connectivity index (χ0) is 22.0. The van der Waals surface area contributed by atoms with Crippen LogP contribution in [-0.4, -0.2) is 28.9 Å². The quantitative estimate of drug-likeness (QED) is 0.469. The van der Waals surface area contributed by atoms with Crippen LogP contribution < -0.4 is 15.4 Å². The fraction of sp³-hybridized carbons (Fsp3) is 0.130. The van der Waals surface area contributed by atoms with Gasteiger partial charge in [-0.25, -0.2) is 4.98 Å². The topological polar surface area (TPSA) is 93.2 Å². The van der Waals surface area contributed by atoms with Crippen LogP contribution in [-0.2, 0) is 4.79 Å². The minimum Gasteiger partial charge on any atom is -0.497 e. The number of hydrogen-bond acceptors (Lipinski definition) is 6. The van der Waals surface area contributed by atoms with Crippen LogP contribution in [0.4, 0.5) is 10.8 Å².